The van der Waals surface area contributed by atoms with E-state index in [9.17, 15) is 19.5 Å². The molecule has 0 radical (unpaired) electrons. The molecule has 0 aromatic heterocycles. The first-order chi connectivity index (χ1) is 16.7. The Labute approximate surface area is 222 Å². The van der Waals surface area contributed by atoms with Crippen molar-refractivity contribution in [1.29, 1.82) is 0 Å². The van der Waals surface area contributed by atoms with Crippen LogP contribution in [0.4, 0.5) is 0 Å². The minimum absolute atomic E-state index is 0.000430. The van der Waals surface area contributed by atoms with Gasteiger partial charge in [0.1, 0.15) is 6.04 Å². The van der Waals surface area contributed by atoms with E-state index in [2.05, 4.69) is 36.0 Å². The van der Waals surface area contributed by atoms with E-state index >= 15 is 0 Å². The van der Waals surface area contributed by atoms with Gasteiger partial charge in [-0.15, -0.1) is 24.9 Å². The number of halogens is 1. The molecule has 0 aromatic rings. The van der Waals surface area contributed by atoms with E-state index < -0.39 is 22.6 Å². The Morgan fingerprint density at radius 2 is 1.94 bits per heavy atom. The molecule has 0 aliphatic carbocycles. The highest BCUT2D eigenvalue weighted by atomic mass is 79.9. The summed E-state index contributed by atoms with van der Waals surface area (Å²) in [6.45, 7) is 15.1. The average molecular weight is 571 g/mol. The monoisotopic (exact) mass is 569 g/mol. The van der Waals surface area contributed by atoms with Crippen LogP contribution in [0.2, 0.25) is 0 Å². The van der Waals surface area contributed by atoms with Crippen molar-refractivity contribution in [2.75, 3.05) is 32.8 Å². The van der Waals surface area contributed by atoms with Crippen molar-refractivity contribution in [2.24, 2.45) is 11.8 Å². The molecule has 7 nitrogen and oxygen atoms in total. The highest BCUT2D eigenvalue weighted by Gasteiger charge is 2.76. The topological polar surface area (TPSA) is 81.2 Å². The summed E-state index contributed by atoms with van der Waals surface area (Å²) < 4.78 is -0.695. The van der Waals surface area contributed by atoms with E-state index in [1.54, 1.807) is 33.7 Å². The first-order valence-electron chi connectivity index (χ1n) is 12.8. The third-order valence-electron chi connectivity index (χ3n) is 7.65. The summed E-state index contributed by atoms with van der Waals surface area (Å²) in [5.74, 6) is -1.39. The largest absolute Gasteiger partial charge is 0.395 e. The van der Waals surface area contributed by atoms with Crippen molar-refractivity contribution in [3.05, 3.63) is 25.3 Å². The molecule has 3 aliphatic heterocycles. The van der Waals surface area contributed by atoms with E-state index in [1.165, 1.54) is 0 Å². The highest BCUT2D eigenvalue weighted by molar-refractivity contribution is 9.09. The molecule has 3 aliphatic rings. The second-order valence-corrected chi connectivity index (χ2v) is 12.6. The predicted molar refractivity (Wildman–Crippen MR) is 144 cm³/mol. The summed E-state index contributed by atoms with van der Waals surface area (Å²) in [5.41, 5.74) is 0. The van der Waals surface area contributed by atoms with Gasteiger partial charge in [-0.3, -0.25) is 14.4 Å². The van der Waals surface area contributed by atoms with Gasteiger partial charge in [-0.05, 0) is 26.2 Å². The number of amides is 3. The summed E-state index contributed by atoms with van der Waals surface area (Å²) in [4.78, 5) is 47.2. The molecule has 3 rings (SSSR count). The molecule has 196 valence electrons. The third-order valence-corrected chi connectivity index (χ3v) is 10.9. The molecule has 0 saturated carbocycles. The minimum atomic E-state index is -0.710. The summed E-state index contributed by atoms with van der Waals surface area (Å²) in [7, 11) is 0. The number of aliphatic hydroxyl groups excluding tert-OH is 1. The van der Waals surface area contributed by atoms with Gasteiger partial charge in [-0.2, -0.15) is 0 Å². The third kappa shape index (κ3) is 4.85. The highest BCUT2D eigenvalue weighted by Crippen LogP contribution is 2.68. The number of aliphatic hydroxyl groups is 1. The molecule has 3 amide bonds. The number of alkyl halides is 1. The zero-order valence-corrected chi connectivity index (χ0v) is 23.6. The van der Waals surface area contributed by atoms with Gasteiger partial charge in [0, 0.05) is 42.3 Å². The van der Waals surface area contributed by atoms with Gasteiger partial charge >= 0.3 is 0 Å². The van der Waals surface area contributed by atoms with E-state index in [1.807, 2.05) is 18.7 Å². The second-order valence-electron chi connectivity index (χ2n) is 9.91. The van der Waals surface area contributed by atoms with Crippen LogP contribution in [-0.2, 0) is 14.4 Å². The smallest absolute Gasteiger partial charge is 0.247 e. The van der Waals surface area contributed by atoms with Crippen LogP contribution >= 0.6 is 27.7 Å². The Balaban J connectivity index is 2.05. The fourth-order valence-electron chi connectivity index (χ4n) is 6.32. The maximum atomic E-state index is 14.2. The van der Waals surface area contributed by atoms with Crippen molar-refractivity contribution < 1.29 is 19.5 Å². The normalized spacial score (nSPS) is 31.9. The summed E-state index contributed by atoms with van der Waals surface area (Å²) in [5, 5.41) is 9.75. The maximum Gasteiger partial charge on any atom is 0.247 e. The van der Waals surface area contributed by atoms with Crippen LogP contribution in [0.15, 0.2) is 25.3 Å². The van der Waals surface area contributed by atoms with E-state index in [4.69, 9.17) is 0 Å². The molecule has 3 saturated heterocycles. The van der Waals surface area contributed by atoms with Gasteiger partial charge in [0.2, 0.25) is 17.7 Å². The van der Waals surface area contributed by atoms with Gasteiger partial charge in [-0.1, -0.05) is 48.4 Å². The van der Waals surface area contributed by atoms with Crippen LogP contribution in [-0.4, -0.2) is 97.2 Å². The molecule has 4 unspecified atom stereocenters. The summed E-state index contributed by atoms with van der Waals surface area (Å²) in [6, 6.07) is -0.709. The van der Waals surface area contributed by atoms with Gasteiger partial charge in [0.15, 0.2) is 0 Å². The summed E-state index contributed by atoms with van der Waals surface area (Å²) >= 11 is 5.45. The number of thioether (sulfide) groups is 1. The van der Waals surface area contributed by atoms with Gasteiger partial charge in [0.25, 0.3) is 0 Å². The fraction of sp³-hybridized carbons (Fsp3) is 0.731. The molecule has 9 heteroatoms. The van der Waals surface area contributed by atoms with Gasteiger partial charge in [-0.25, -0.2) is 0 Å². The molecule has 7 atom stereocenters. The van der Waals surface area contributed by atoms with Crippen LogP contribution in [0.3, 0.4) is 0 Å². The standard InChI is InChI=1S/C26H40BrN3O4S/c1-6-10-17(5)29(13-9-4)25(34)22-26-16-18(27)21(35-26)19(20(26)24(33)30(22)14-15-31)23(32)28(11-7-2)12-8-3/h7,9,17-22,31H,2,4,6,8,10-16H2,1,3,5H3/t17?,18?,19-,20+,21-,22?,26?/m1/s1. The number of nitrogens with zero attached hydrogens (tertiary/aromatic N) is 3. The Kier molecular flexibility index (Phi) is 9.54. The Bertz CT molecular complexity index is 841. The Hall–Kier alpha value is -1.32. The molecule has 2 bridgehead atoms. The number of rotatable bonds is 13. The second kappa shape index (κ2) is 11.8. The summed E-state index contributed by atoms with van der Waals surface area (Å²) in [6.07, 6.45) is 6.69. The van der Waals surface area contributed by atoms with Crippen molar-refractivity contribution >= 4 is 45.4 Å². The van der Waals surface area contributed by atoms with E-state index in [0.717, 1.165) is 19.3 Å². The molecule has 1 N–H and O–H groups in total. The fourth-order valence-corrected chi connectivity index (χ4v) is 9.92. The lowest BCUT2D eigenvalue weighted by atomic mass is 9.70. The molecular formula is C26H40BrN3O4S. The quantitative estimate of drug-likeness (QED) is 0.272. The van der Waals surface area contributed by atoms with Crippen molar-refractivity contribution in [1.82, 2.24) is 14.7 Å². The molecule has 0 aromatic carbocycles. The number of hydrogen-bond acceptors (Lipinski definition) is 5. The lowest BCUT2D eigenvalue weighted by Gasteiger charge is -2.40. The van der Waals surface area contributed by atoms with Gasteiger partial charge < -0.3 is 19.8 Å². The van der Waals surface area contributed by atoms with Crippen LogP contribution in [0.1, 0.15) is 46.5 Å². The van der Waals surface area contributed by atoms with Crippen LogP contribution < -0.4 is 0 Å². The van der Waals surface area contributed by atoms with Crippen molar-refractivity contribution in [3.8, 4) is 0 Å². The lowest BCUT2D eigenvalue weighted by molar-refractivity contribution is -0.145. The lowest BCUT2D eigenvalue weighted by Crippen LogP contribution is -2.57. The Morgan fingerprint density at radius 1 is 1.26 bits per heavy atom. The van der Waals surface area contributed by atoms with Crippen LogP contribution in [0, 0.1) is 11.8 Å². The molecule has 1 spiro atoms. The number of fused-ring (bicyclic) bond motifs is 1. The van der Waals surface area contributed by atoms with Crippen LogP contribution in [0.5, 0.6) is 0 Å². The number of β-amino-alcohol motifs (C(OH)–C–C–N with tert-alkyl or cyclic N) is 1. The minimum Gasteiger partial charge on any atom is -0.395 e. The SMILES string of the molecule is C=CCN(CCC)C(=O)[C@H]1[C@@H]2SC3(CC2Br)C(C(=O)N(CC=C)C(C)CCC)N(CCO)C(=O)[C@H]13. The van der Waals surface area contributed by atoms with Gasteiger partial charge in [0.05, 0.1) is 23.2 Å². The zero-order chi connectivity index (χ0) is 25.9. The van der Waals surface area contributed by atoms with Crippen molar-refractivity contribution in [3.63, 3.8) is 0 Å². The van der Waals surface area contributed by atoms with E-state index in [0.29, 0.717) is 26.1 Å². The average Bonchev–Trinajstić information content (AvgIpc) is 3.40. The molecular weight excluding hydrogens is 530 g/mol. The first-order valence-corrected chi connectivity index (χ1v) is 14.6. The van der Waals surface area contributed by atoms with E-state index in [-0.39, 0.29) is 47.0 Å². The number of carbonyl (C=O) groups is 3. The number of likely N-dealkylation sites (tertiary alicyclic amines) is 1. The van der Waals surface area contributed by atoms with Crippen LogP contribution in [0.25, 0.3) is 0 Å². The first kappa shape index (κ1) is 28.3. The number of carbonyl (C=O) groups excluding carboxylic acids is 3. The molecule has 35 heavy (non-hydrogen) atoms. The zero-order valence-electron chi connectivity index (χ0n) is 21.2. The maximum absolute atomic E-state index is 14.2. The molecule has 3 heterocycles. The molecule has 3 fully saturated rings. The number of hydrogen-bond donors (Lipinski definition) is 1. The predicted octanol–water partition coefficient (Wildman–Crippen LogP) is 3.07. The van der Waals surface area contributed by atoms with Crippen molar-refractivity contribution in [2.45, 2.75) is 73.4 Å². The Morgan fingerprint density at radius 3 is 2.51 bits per heavy atom.